The molecule has 0 amide bonds. The van der Waals surface area contributed by atoms with E-state index in [1.165, 1.54) is 82.9 Å². The number of para-hydroxylation sites is 1. The van der Waals surface area contributed by atoms with Crippen molar-refractivity contribution in [1.29, 1.82) is 0 Å². The molecule has 0 heterocycles. The number of rotatable bonds is 4. The molecular weight excluding hydrogens is 627 g/mol. The molecule has 2 aliphatic carbocycles. The summed E-state index contributed by atoms with van der Waals surface area (Å²) in [6.07, 6.45) is 0. The molecule has 242 valence electrons. The number of nitrogens with zero attached hydrogens (tertiary/aromatic N) is 1. The summed E-state index contributed by atoms with van der Waals surface area (Å²) < 4.78 is 0. The summed E-state index contributed by atoms with van der Waals surface area (Å²) in [6.45, 7) is 0. The highest BCUT2D eigenvalue weighted by Crippen LogP contribution is 2.66. The van der Waals surface area contributed by atoms with E-state index in [0.29, 0.717) is 0 Å². The lowest BCUT2D eigenvalue weighted by Gasteiger charge is -2.33. The molecule has 0 saturated carbocycles. The van der Waals surface area contributed by atoms with E-state index in [-0.39, 0.29) is 0 Å². The van der Waals surface area contributed by atoms with E-state index in [4.69, 9.17) is 0 Å². The second-order valence-corrected chi connectivity index (χ2v) is 14.0. The Bertz CT molecular complexity index is 2800. The van der Waals surface area contributed by atoms with Gasteiger partial charge >= 0.3 is 0 Å². The van der Waals surface area contributed by atoms with Gasteiger partial charge in [-0.15, -0.1) is 0 Å². The Balaban J connectivity index is 1.30. The van der Waals surface area contributed by atoms with Crippen LogP contribution in [0.1, 0.15) is 22.3 Å². The monoisotopic (exact) mass is 659 g/mol. The van der Waals surface area contributed by atoms with Crippen LogP contribution in [0.25, 0.3) is 54.9 Å². The number of hydrogen-bond donors (Lipinski definition) is 0. The maximum atomic E-state index is 2.54. The zero-order chi connectivity index (χ0) is 34.2. The summed E-state index contributed by atoms with van der Waals surface area (Å²) in [4.78, 5) is 2.47. The van der Waals surface area contributed by atoms with Crippen molar-refractivity contribution < 1.29 is 0 Å². The fourth-order valence-corrected chi connectivity index (χ4v) is 9.40. The van der Waals surface area contributed by atoms with E-state index >= 15 is 0 Å². The van der Waals surface area contributed by atoms with Gasteiger partial charge in [0.25, 0.3) is 0 Å². The molecule has 52 heavy (non-hydrogen) atoms. The molecule has 0 fully saturated rings. The minimum Gasteiger partial charge on any atom is -0.310 e. The Morgan fingerprint density at radius 3 is 1.67 bits per heavy atom. The Morgan fingerprint density at radius 2 is 0.923 bits per heavy atom. The first kappa shape index (κ1) is 29.1. The molecule has 1 nitrogen and oxygen atoms in total. The van der Waals surface area contributed by atoms with Gasteiger partial charge in [-0.25, -0.2) is 0 Å². The lowest BCUT2D eigenvalue weighted by Crippen LogP contribution is -2.26. The van der Waals surface area contributed by atoms with Crippen LogP contribution in [0.5, 0.6) is 0 Å². The van der Waals surface area contributed by atoms with Crippen molar-refractivity contribution in [3.63, 3.8) is 0 Å². The van der Waals surface area contributed by atoms with Crippen LogP contribution in [0.4, 0.5) is 17.1 Å². The maximum Gasteiger partial charge on any atom is 0.0732 e. The topological polar surface area (TPSA) is 3.24 Å². The summed E-state index contributed by atoms with van der Waals surface area (Å²) in [6, 6.07) is 74.0. The number of benzene rings is 9. The Hall–Kier alpha value is -6.70. The molecule has 11 rings (SSSR count). The quantitative estimate of drug-likeness (QED) is 0.182. The summed E-state index contributed by atoms with van der Waals surface area (Å²) >= 11 is 0. The molecule has 0 N–H and O–H groups in total. The fourth-order valence-electron chi connectivity index (χ4n) is 9.40. The van der Waals surface area contributed by atoms with E-state index in [1.807, 2.05) is 0 Å². The van der Waals surface area contributed by atoms with Crippen molar-refractivity contribution in [2.24, 2.45) is 0 Å². The summed E-state index contributed by atoms with van der Waals surface area (Å²) in [5.41, 5.74) is 16.0. The van der Waals surface area contributed by atoms with Gasteiger partial charge in [-0.3, -0.25) is 0 Å². The van der Waals surface area contributed by atoms with Crippen molar-refractivity contribution in [3.05, 3.63) is 222 Å². The lowest BCUT2D eigenvalue weighted by molar-refractivity contribution is 0.802. The molecule has 0 bridgehead atoms. The standard InChI is InChI=1S/C51H33N/c1-3-16-34(17-4-1)36-19-15-22-38(32-36)52(37-20-5-2-6-21-37)48-33-47-49(43-27-10-9-26-42(43)48)44-31-30-35-18-7-8-23-39(35)50(44)51(47)45-28-13-11-24-40(45)41-25-12-14-29-46(41)51/h1-33H. The Kier molecular flexibility index (Phi) is 6.23. The van der Waals surface area contributed by atoms with Crippen molar-refractivity contribution in [1.82, 2.24) is 0 Å². The zero-order valence-corrected chi connectivity index (χ0v) is 28.5. The first-order valence-corrected chi connectivity index (χ1v) is 18.1. The minimum atomic E-state index is -0.494. The third-order valence-corrected chi connectivity index (χ3v) is 11.4. The van der Waals surface area contributed by atoms with Gasteiger partial charge in [-0.1, -0.05) is 170 Å². The largest absolute Gasteiger partial charge is 0.310 e. The van der Waals surface area contributed by atoms with Gasteiger partial charge in [0.05, 0.1) is 11.1 Å². The fraction of sp³-hybridized carbons (Fsp3) is 0.0196. The van der Waals surface area contributed by atoms with Gasteiger partial charge in [0.2, 0.25) is 0 Å². The molecule has 9 aromatic carbocycles. The molecule has 2 aliphatic rings. The molecule has 0 aliphatic heterocycles. The van der Waals surface area contributed by atoms with Crippen molar-refractivity contribution >= 4 is 38.6 Å². The van der Waals surface area contributed by atoms with E-state index in [0.717, 1.165) is 11.4 Å². The zero-order valence-electron chi connectivity index (χ0n) is 28.5. The van der Waals surface area contributed by atoms with E-state index in [1.54, 1.807) is 0 Å². The van der Waals surface area contributed by atoms with Crippen LogP contribution in [0.3, 0.4) is 0 Å². The van der Waals surface area contributed by atoms with Crippen LogP contribution in [0.2, 0.25) is 0 Å². The predicted molar refractivity (Wildman–Crippen MR) is 218 cm³/mol. The summed E-state index contributed by atoms with van der Waals surface area (Å²) in [5.74, 6) is 0. The van der Waals surface area contributed by atoms with Gasteiger partial charge in [0, 0.05) is 16.8 Å². The van der Waals surface area contributed by atoms with Gasteiger partial charge in [-0.2, -0.15) is 0 Å². The van der Waals surface area contributed by atoms with Crippen molar-refractivity contribution in [2.75, 3.05) is 4.90 Å². The minimum absolute atomic E-state index is 0.494. The Morgan fingerprint density at radius 1 is 0.346 bits per heavy atom. The van der Waals surface area contributed by atoms with Crippen LogP contribution < -0.4 is 4.90 Å². The van der Waals surface area contributed by atoms with Crippen LogP contribution in [0, 0.1) is 0 Å². The first-order chi connectivity index (χ1) is 25.8. The smallest absolute Gasteiger partial charge is 0.0732 e. The second-order valence-electron chi connectivity index (χ2n) is 14.0. The van der Waals surface area contributed by atoms with Crippen LogP contribution in [-0.2, 0) is 5.41 Å². The van der Waals surface area contributed by atoms with Crippen LogP contribution >= 0.6 is 0 Å². The molecule has 0 atom stereocenters. The molecule has 1 heteroatoms. The Labute approximate surface area is 303 Å². The van der Waals surface area contributed by atoms with E-state index in [2.05, 4.69) is 205 Å². The highest BCUT2D eigenvalue weighted by molar-refractivity contribution is 6.14. The van der Waals surface area contributed by atoms with E-state index in [9.17, 15) is 0 Å². The third-order valence-electron chi connectivity index (χ3n) is 11.4. The highest BCUT2D eigenvalue weighted by Gasteiger charge is 2.53. The van der Waals surface area contributed by atoms with Gasteiger partial charge < -0.3 is 4.90 Å². The van der Waals surface area contributed by atoms with Gasteiger partial charge in [0.15, 0.2) is 0 Å². The number of hydrogen-bond acceptors (Lipinski definition) is 1. The number of anilines is 3. The van der Waals surface area contributed by atoms with E-state index < -0.39 is 5.41 Å². The lowest BCUT2D eigenvalue weighted by atomic mass is 9.69. The molecular formula is C51H33N. The molecule has 1 spiro atoms. The predicted octanol–water partition coefficient (Wildman–Crippen LogP) is 13.5. The first-order valence-electron chi connectivity index (χ1n) is 18.1. The summed E-state index contributed by atoms with van der Waals surface area (Å²) in [5, 5.41) is 5.07. The van der Waals surface area contributed by atoms with Gasteiger partial charge in [0.1, 0.15) is 0 Å². The molecule has 0 saturated heterocycles. The second kappa shape index (κ2) is 11.2. The van der Waals surface area contributed by atoms with Crippen LogP contribution in [0.15, 0.2) is 200 Å². The molecule has 0 aromatic heterocycles. The molecule has 0 unspecified atom stereocenters. The number of fused-ring (bicyclic) bond motifs is 14. The summed E-state index contributed by atoms with van der Waals surface area (Å²) in [7, 11) is 0. The SMILES string of the molecule is c1ccc(-c2cccc(N(c3ccccc3)c3cc4c(c5ccccc35)-c3ccc5ccccc5c3C43c4ccccc4-c4ccccc43)c2)cc1. The van der Waals surface area contributed by atoms with Crippen LogP contribution in [-0.4, -0.2) is 0 Å². The third kappa shape index (κ3) is 3.94. The normalized spacial score (nSPS) is 13.2. The van der Waals surface area contributed by atoms with Gasteiger partial charge in [-0.05, 0) is 102 Å². The average molecular weight is 660 g/mol. The average Bonchev–Trinajstić information content (AvgIpc) is 3.69. The van der Waals surface area contributed by atoms with Crippen molar-refractivity contribution in [3.8, 4) is 33.4 Å². The molecule has 0 radical (unpaired) electrons. The highest BCUT2D eigenvalue weighted by atomic mass is 15.1. The molecule has 9 aromatic rings. The van der Waals surface area contributed by atoms with Crippen molar-refractivity contribution in [2.45, 2.75) is 5.41 Å². The maximum absolute atomic E-state index is 2.54.